The number of hydrogen-bond donors (Lipinski definition) is 1. The molecule has 0 amide bonds. The minimum absolute atomic E-state index is 0.334. The largest absolute Gasteiger partial charge is 0.465 e. The van der Waals surface area contributed by atoms with Crippen molar-refractivity contribution in [1.29, 1.82) is 0 Å². The van der Waals surface area contributed by atoms with E-state index in [-0.39, 0.29) is 5.97 Å². The fraction of sp³-hybridized carbons (Fsp3) is 0.0667. The van der Waals surface area contributed by atoms with Crippen LogP contribution in [-0.2, 0) is 4.74 Å². The van der Waals surface area contributed by atoms with E-state index in [9.17, 15) is 4.79 Å². The molecule has 0 bridgehead atoms. The van der Waals surface area contributed by atoms with Crippen LogP contribution in [0.15, 0.2) is 47.4 Å². The first-order valence-corrected chi connectivity index (χ1v) is 6.98. The molecule has 0 saturated heterocycles. The summed E-state index contributed by atoms with van der Waals surface area (Å²) in [5.74, 6) is -0.334. The number of H-pyrrole nitrogens is 1. The lowest BCUT2D eigenvalue weighted by atomic mass is 10.1. The van der Waals surface area contributed by atoms with Crippen molar-refractivity contribution in [2.24, 2.45) is 0 Å². The Kier molecular flexibility index (Phi) is 3.35. The highest BCUT2D eigenvalue weighted by atomic mass is 32.1. The molecule has 4 nitrogen and oxygen atoms in total. The minimum atomic E-state index is -0.334. The fourth-order valence-electron chi connectivity index (χ4n) is 2.02. The van der Waals surface area contributed by atoms with Gasteiger partial charge in [0.2, 0.25) is 0 Å². The molecular weight excluding hydrogens is 272 g/mol. The number of aromatic nitrogens is 2. The summed E-state index contributed by atoms with van der Waals surface area (Å²) in [5, 5.41) is 4.08. The standard InChI is InChI=1S/C15H12N2O2S/c1-19-15(18)11-4-2-10(3-5-11)13-14(17-9-16-13)12-6-7-20-8-12/h2-9H,1H3,(H,16,17). The molecule has 0 unspecified atom stereocenters. The van der Waals surface area contributed by atoms with Gasteiger partial charge in [-0.15, -0.1) is 0 Å². The highest BCUT2D eigenvalue weighted by molar-refractivity contribution is 7.08. The van der Waals surface area contributed by atoms with Gasteiger partial charge in [0.1, 0.15) is 0 Å². The SMILES string of the molecule is COC(=O)c1ccc(-c2[nH]cnc2-c2ccsc2)cc1. The quantitative estimate of drug-likeness (QED) is 0.748. The Morgan fingerprint density at radius 1 is 1.20 bits per heavy atom. The van der Waals surface area contributed by atoms with Crippen molar-refractivity contribution in [2.45, 2.75) is 0 Å². The Bertz CT molecular complexity index is 715. The number of rotatable bonds is 3. The van der Waals surface area contributed by atoms with Crippen LogP contribution in [0.2, 0.25) is 0 Å². The molecule has 0 saturated carbocycles. The van der Waals surface area contributed by atoms with Crippen LogP contribution in [0.5, 0.6) is 0 Å². The average molecular weight is 284 g/mol. The third kappa shape index (κ3) is 2.23. The molecule has 3 aromatic rings. The van der Waals surface area contributed by atoms with Gasteiger partial charge in [-0.05, 0) is 23.6 Å². The van der Waals surface area contributed by atoms with Crippen molar-refractivity contribution in [3.05, 3.63) is 53.0 Å². The second-order valence-electron chi connectivity index (χ2n) is 4.21. The monoisotopic (exact) mass is 284 g/mol. The Morgan fingerprint density at radius 3 is 2.65 bits per heavy atom. The predicted molar refractivity (Wildman–Crippen MR) is 78.7 cm³/mol. The van der Waals surface area contributed by atoms with Gasteiger partial charge in [-0.25, -0.2) is 9.78 Å². The third-order valence-corrected chi connectivity index (χ3v) is 3.71. The zero-order chi connectivity index (χ0) is 13.9. The van der Waals surface area contributed by atoms with Crippen molar-refractivity contribution < 1.29 is 9.53 Å². The number of esters is 1. The summed E-state index contributed by atoms with van der Waals surface area (Å²) in [4.78, 5) is 18.9. The minimum Gasteiger partial charge on any atom is -0.465 e. The van der Waals surface area contributed by atoms with E-state index in [0.717, 1.165) is 22.5 Å². The maximum Gasteiger partial charge on any atom is 0.337 e. The van der Waals surface area contributed by atoms with Crippen molar-refractivity contribution in [3.63, 3.8) is 0 Å². The number of nitrogens with zero attached hydrogens (tertiary/aromatic N) is 1. The van der Waals surface area contributed by atoms with Crippen LogP contribution in [0, 0.1) is 0 Å². The number of imidazole rings is 1. The van der Waals surface area contributed by atoms with E-state index in [1.54, 1.807) is 29.8 Å². The van der Waals surface area contributed by atoms with Crippen LogP contribution in [0.1, 0.15) is 10.4 Å². The molecule has 0 atom stereocenters. The van der Waals surface area contributed by atoms with Crippen LogP contribution < -0.4 is 0 Å². The summed E-state index contributed by atoms with van der Waals surface area (Å²) in [5.41, 5.74) is 4.46. The van der Waals surface area contributed by atoms with E-state index in [4.69, 9.17) is 4.74 Å². The molecule has 1 aromatic carbocycles. The van der Waals surface area contributed by atoms with Crippen molar-refractivity contribution >= 4 is 17.3 Å². The zero-order valence-corrected chi connectivity index (χ0v) is 11.6. The van der Waals surface area contributed by atoms with Gasteiger partial charge < -0.3 is 9.72 Å². The molecule has 0 aliphatic rings. The van der Waals surface area contributed by atoms with Gasteiger partial charge in [0.25, 0.3) is 0 Å². The molecule has 0 spiro atoms. The smallest absolute Gasteiger partial charge is 0.337 e. The molecule has 100 valence electrons. The van der Waals surface area contributed by atoms with Gasteiger partial charge in [-0.3, -0.25) is 0 Å². The number of carbonyl (C=O) groups excluding carboxylic acids is 1. The van der Waals surface area contributed by atoms with Crippen LogP contribution in [0.3, 0.4) is 0 Å². The molecule has 3 rings (SSSR count). The van der Waals surface area contributed by atoms with E-state index in [2.05, 4.69) is 15.3 Å². The molecule has 20 heavy (non-hydrogen) atoms. The number of nitrogens with one attached hydrogen (secondary N) is 1. The summed E-state index contributed by atoms with van der Waals surface area (Å²) < 4.78 is 4.69. The molecule has 0 radical (unpaired) electrons. The van der Waals surface area contributed by atoms with Gasteiger partial charge in [0.15, 0.2) is 0 Å². The number of hydrogen-bond acceptors (Lipinski definition) is 4. The van der Waals surface area contributed by atoms with Crippen molar-refractivity contribution in [3.8, 4) is 22.5 Å². The number of thiophene rings is 1. The lowest BCUT2D eigenvalue weighted by Crippen LogP contribution is -2.00. The summed E-state index contributed by atoms with van der Waals surface area (Å²) in [6, 6.07) is 9.30. The Labute approximate surface area is 120 Å². The number of benzene rings is 1. The van der Waals surface area contributed by atoms with E-state index in [0.29, 0.717) is 5.56 Å². The summed E-state index contributed by atoms with van der Waals surface area (Å²) in [6.45, 7) is 0. The zero-order valence-electron chi connectivity index (χ0n) is 10.8. The molecule has 0 fully saturated rings. The van der Waals surface area contributed by atoms with E-state index in [1.807, 2.05) is 23.6 Å². The molecule has 0 aliphatic heterocycles. The lowest BCUT2D eigenvalue weighted by molar-refractivity contribution is 0.0601. The highest BCUT2D eigenvalue weighted by Gasteiger charge is 2.12. The van der Waals surface area contributed by atoms with Crippen LogP contribution in [0.25, 0.3) is 22.5 Å². The van der Waals surface area contributed by atoms with Crippen LogP contribution in [0.4, 0.5) is 0 Å². The molecule has 0 aliphatic carbocycles. The topological polar surface area (TPSA) is 55.0 Å². The highest BCUT2D eigenvalue weighted by Crippen LogP contribution is 2.30. The first-order valence-electron chi connectivity index (χ1n) is 6.04. The van der Waals surface area contributed by atoms with Crippen molar-refractivity contribution in [2.75, 3.05) is 7.11 Å². The number of aromatic amines is 1. The van der Waals surface area contributed by atoms with Crippen LogP contribution >= 0.6 is 11.3 Å². The van der Waals surface area contributed by atoms with Gasteiger partial charge in [0.05, 0.1) is 30.4 Å². The first kappa shape index (κ1) is 12.6. The summed E-state index contributed by atoms with van der Waals surface area (Å²) in [7, 11) is 1.37. The Hall–Kier alpha value is -2.40. The average Bonchev–Trinajstić information content (AvgIpc) is 3.16. The lowest BCUT2D eigenvalue weighted by Gasteiger charge is -2.03. The van der Waals surface area contributed by atoms with Crippen molar-refractivity contribution in [1.82, 2.24) is 9.97 Å². The van der Waals surface area contributed by atoms with Gasteiger partial charge in [-0.2, -0.15) is 11.3 Å². The van der Waals surface area contributed by atoms with E-state index >= 15 is 0 Å². The second-order valence-corrected chi connectivity index (χ2v) is 4.99. The van der Waals surface area contributed by atoms with Crippen LogP contribution in [-0.4, -0.2) is 23.0 Å². The molecule has 2 aromatic heterocycles. The van der Waals surface area contributed by atoms with E-state index < -0.39 is 0 Å². The summed E-state index contributed by atoms with van der Waals surface area (Å²) >= 11 is 1.64. The molecule has 2 heterocycles. The first-order chi connectivity index (χ1) is 9.79. The maximum absolute atomic E-state index is 11.4. The van der Waals surface area contributed by atoms with Gasteiger partial charge in [0, 0.05) is 16.5 Å². The predicted octanol–water partition coefficient (Wildman–Crippen LogP) is 3.59. The summed E-state index contributed by atoms with van der Waals surface area (Å²) in [6.07, 6.45) is 1.68. The maximum atomic E-state index is 11.4. The Balaban J connectivity index is 1.98. The second kappa shape index (κ2) is 5.30. The normalized spacial score (nSPS) is 10.4. The Morgan fingerprint density at radius 2 is 2.00 bits per heavy atom. The van der Waals surface area contributed by atoms with Gasteiger partial charge in [-0.1, -0.05) is 12.1 Å². The molecular formula is C15H12N2O2S. The molecule has 5 heteroatoms. The fourth-order valence-corrected chi connectivity index (χ4v) is 2.66. The van der Waals surface area contributed by atoms with E-state index in [1.165, 1.54) is 7.11 Å². The number of methoxy groups -OCH3 is 1. The molecule has 1 N–H and O–H groups in total. The number of ether oxygens (including phenoxy) is 1. The number of carbonyl (C=O) groups is 1. The third-order valence-electron chi connectivity index (χ3n) is 3.03. The van der Waals surface area contributed by atoms with Gasteiger partial charge >= 0.3 is 5.97 Å².